The molecule has 0 saturated heterocycles. The van der Waals surface area contributed by atoms with Crippen LogP contribution in [-0.4, -0.2) is 45.2 Å². The van der Waals surface area contributed by atoms with E-state index in [-0.39, 0.29) is 65.7 Å². The molecule has 0 saturated carbocycles. The van der Waals surface area contributed by atoms with E-state index in [1.54, 1.807) is 0 Å². The molecule has 0 N–H and O–H groups in total. The van der Waals surface area contributed by atoms with Crippen molar-refractivity contribution in [2.45, 2.75) is 33.1 Å². The van der Waals surface area contributed by atoms with Crippen molar-refractivity contribution in [2.75, 3.05) is 0 Å². The van der Waals surface area contributed by atoms with Gasteiger partial charge in [0.15, 0.2) is 18.6 Å². The van der Waals surface area contributed by atoms with Gasteiger partial charge in [0.05, 0.1) is 39.1 Å². The smallest absolute Gasteiger partial charge is 0.205 e. The Morgan fingerprint density at radius 3 is 1.02 bits per heavy atom. The van der Waals surface area contributed by atoms with Crippen molar-refractivity contribution in [1.82, 2.24) is 60.5 Å². The maximum atomic E-state index is 5.95. The molecule has 0 atom stereocenters. The zero-order valence-electron chi connectivity index (χ0n) is 65.5. The number of nitrogens with zero attached hydrogens (tertiary/aromatic N) is 15. The van der Waals surface area contributed by atoms with Gasteiger partial charge in [-0.3, -0.25) is 30.2 Å². The molecule has 0 fully saturated rings. The summed E-state index contributed by atoms with van der Waals surface area (Å²) in [7, 11) is 5.90. The van der Waals surface area contributed by atoms with Crippen molar-refractivity contribution in [3.05, 3.63) is 352 Å². The second-order valence-electron chi connectivity index (χ2n) is 28.6. The van der Waals surface area contributed by atoms with Crippen molar-refractivity contribution in [3.8, 4) is 79.7 Å². The summed E-state index contributed by atoms with van der Waals surface area (Å²) in [6.45, 7) is 8.08. The predicted molar refractivity (Wildman–Crippen MR) is 455 cm³/mol. The van der Waals surface area contributed by atoms with E-state index in [1.807, 2.05) is 309 Å². The fourth-order valence-corrected chi connectivity index (χ4v) is 13.5. The third kappa shape index (κ3) is 18.4. The van der Waals surface area contributed by atoms with E-state index >= 15 is 0 Å². The maximum Gasteiger partial charge on any atom is 0.205 e. The molecule has 12 heterocycles. The number of aryl methyl sites for hydroxylation is 4. The molecule has 0 aliphatic rings. The van der Waals surface area contributed by atoms with Gasteiger partial charge in [-0.05, 0) is 116 Å². The summed E-state index contributed by atoms with van der Waals surface area (Å²) in [4.78, 5) is 27.3. The minimum Gasteiger partial charge on any atom is -0.476 e. The largest absolute Gasteiger partial charge is 0.476 e. The number of hydrogen-bond donors (Lipinski definition) is 0. The quantitative estimate of drug-likeness (QED) is 0.107. The van der Waals surface area contributed by atoms with Crippen LogP contribution in [0.1, 0.15) is 32.4 Å². The first-order valence-corrected chi connectivity index (χ1v) is 37.8. The summed E-state index contributed by atoms with van der Waals surface area (Å²) in [5.74, 6) is 4.17. The molecule has 21 heteroatoms. The molecular weight excluding hydrogens is 2010 g/mol. The van der Waals surface area contributed by atoms with Crippen molar-refractivity contribution in [1.29, 1.82) is 0 Å². The van der Waals surface area contributed by atoms with Crippen LogP contribution in [0.2, 0.25) is 0 Å². The van der Waals surface area contributed by atoms with Gasteiger partial charge in [-0.15, -0.1) is 53.1 Å². The van der Waals surface area contributed by atoms with E-state index in [4.69, 9.17) is 28.2 Å². The number of aromatic nitrogens is 15. The van der Waals surface area contributed by atoms with Crippen LogP contribution in [0.5, 0.6) is 0 Å². The summed E-state index contributed by atoms with van der Waals surface area (Å²) in [5, 5.41) is 34.4. The average molecular weight is 2090 g/mol. The van der Waals surface area contributed by atoms with Crippen LogP contribution in [-0.2, 0) is 86.9 Å². The van der Waals surface area contributed by atoms with Crippen LogP contribution in [0, 0.1) is 25.1 Å². The van der Waals surface area contributed by atoms with Crippen molar-refractivity contribution in [3.63, 3.8) is 0 Å². The predicted octanol–water partition coefficient (Wildman–Crippen LogP) is 19.8. The summed E-state index contributed by atoms with van der Waals surface area (Å²) in [6.07, 6.45) is 5.90. The third-order valence-electron chi connectivity index (χ3n) is 19.6. The van der Waals surface area contributed by atoms with Gasteiger partial charge in [0.1, 0.15) is 37.9 Å². The Kier molecular flexibility index (Phi) is 25.5. The Morgan fingerprint density at radius 1 is 0.311 bits per heavy atom. The Morgan fingerprint density at radius 2 is 0.647 bits per heavy atom. The van der Waals surface area contributed by atoms with Crippen LogP contribution in [0.15, 0.2) is 335 Å². The fraction of sp³-hybridized carbons (Fsp3) is 0.0816. The SMILES string of the molecule is C[n+]1ccccc1-c1nc(-c2ccccc2)n[n-]1.C[n+]1ccccc1-c1nc(C(C)(C)C)n[n-]1.Cc1n[n-]c(-c2cccc[n+]2C)n1.[Ir].[Ir].[Ir].[c-]1cc2c(cc1-c1ccc3ccccc3n1)oc1ccccc12.[c-]1cc2c(cc1-c1ccc3ccccc3n1)oc1ccccc12.[c-]1cc2c(cc1-c1ccc3ccccc3n1)oc1ccccc12. The molecule has 589 valence electrons. The molecule has 0 amide bonds. The number of hydrogen-bond acceptors (Lipinski definition) is 12. The van der Waals surface area contributed by atoms with Crippen LogP contribution >= 0.6 is 0 Å². The molecule has 22 aromatic rings. The van der Waals surface area contributed by atoms with Crippen LogP contribution in [0.3, 0.4) is 0 Å². The number of benzene rings is 10. The number of furan rings is 3. The van der Waals surface area contributed by atoms with Gasteiger partial charge in [-0.25, -0.2) is 13.7 Å². The minimum absolute atomic E-state index is 0. The van der Waals surface area contributed by atoms with Crippen LogP contribution in [0.25, 0.3) is 178 Å². The molecule has 119 heavy (non-hydrogen) atoms. The van der Waals surface area contributed by atoms with E-state index < -0.39 is 0 Å². The molecule has 0 spiro atoms. The number of fused-ring (bicyclic) bond motifs is 12. The van der Waals surface area contributed by atoms with Crippen LogP contribution in [0.4, 0.5) is 0 Å². The topological polar surface area (TPSA) is 209 Å². The van der Waals surface area contributed by atoms with Crippen molar-refractivity contribution in [2.24, 2.45) is 21.1 Å². The zero-order valence-corrected chi connectivity index (χ0v) is 72.7. The van der Waals surface area contributed by atoms with Gasteiger partial charge in [-0.1, -0.05) is 231 Å². The number of pyridine rings is 6. The fourth-order valence-electron chi connectivity index (χ4n) is 13.5. The molecular formula is C98H74Ir3N15O3-3. The number of rotatable bonds is 7. The molecule has 0 unspecified atom stereocenters. The minimum atomic E-state index is -0.0569. The van der Waals surface area contributed by atoms with E-state index in [9.17, 15) is 0 Å². The monoisotopic (exact) mass is 2090 g/mol. The summed E-state index contributed by atoms with van der Waals surface area (Å²) >= 11 is 0. The molecule has 12 aromatic heterocycles. The summed E-state index contributed by atoms with van der Waals surface area (Å²) in [5.41, 5.74) is 17.7. The van der Waals surface area contributed by atoms with Gasteiger partial charge in [0.2, 0.25) is 17.1 Å². The van der Waals surface area contributed by atoms with E-state index in [0.717, 1.165) is 161 Å². The first kappa shape index (κ1) is 82.2. The Hall–Kier alpha value is -13.4. The van der Waals surface area contributed by atoms with Crippen molar-refractivity contribution >= 4 is 98.5 Å². The molecule has 18 nitrogen and oxygen atoms in total. The van der Waals surface area contributed by atoms with Crippen LogP contribution < -0.4 is 29.0 Å². The Labute approximate surface area is 726 Å². The zero-order chi connectivity index (χ0) is 79.1. The summed E-state index contributed by atoms with van der Waals surface area (Å²) < 4.78 is 23.8. The second-order valence-corrected chi connectivity index (χ2v) is 28.6. The molecule has 10 aromatic carbocycles. The second kappa shape index (κ2) is 36.9. The first-order valence-electron chi connectivity index (χ1n) is 37.8. The Balaban J connectivity index is 0.000000118. The average Bonchev–Trinajstić information content (AvgIpc) is 1.65. The van der Waals surface area contributed by atoms with E-state index in [1.165, 1.54) is 0 Å². The van der Waals surface area contributed by atoms with Gasteiger partial charge < -0.3 is 43.5 Å². The van der Waals surface area contributed by atoms with Gasteiger partial charge in [0.25, 0.3) is 0 Å². The third-order valence-corrected chi connectivity index (χ3v) is 19.6. The molecule has 3 radical (unpaired) electrons. The maximum absolute atomic E-state index is 5.95. The van der Waals surface area contributed by atoms with Gasteiger partial charge in [0, 0.05) is 131 Å². The summed E-state index contributed by atoms with van der Waals surface area (Å²) in [6, 6.07) is 111. The standard InChI is InChI=1S/3C21H12NO.C14H12N4.C12H16N4.C9H10N4.3Ir/c3*1-3-7-18-14(5-1)10-12-19(22-18)15-9-11-17-16-6-2-4-8-20(16)23-21(17)13-15;1-18-10-6-5-9-12(18)14-15-13(16-17-14)11-7-3-2-4-8-11;1-12(2,3)11-13-10(14-15-11)9-7-5-6-8-16(9)4;1-7-10-9(12-11-7)8-5-3-4-6-13(8)2;;;/h3*1-8,10-13H;2-10H,1H3;5-8H,1-4H3;3-6H,1-2H3;;;/q3*-1;;;;;;. The first-order chi connectivity index (χ1) is 56.7. The molecule has 22 rings (SSSR count). The normalized spacial score (nSPS) is 10.9. The van der Waals surface area contributed by atoms with Crippen molar-refractivity contribution < 1.29 is 87.3 Å². The molecule has 0 aliphatic heterocycles. The van der Waals surface area contributed by atoms with E-state index in [0.29, 0.717) is 29.1 Å². The van der Waals surface area contributed by atoms with Gasteiger partial charge in [-0.2, -0.15) is 0 Å². The number of para-hydroxylation sites is 6. The van der Waals surface area contributed by atoms with E-state index in [2.05, 4.69) is 139 Å². The Bertz CT molecular complexity index is 6820. The van der Waals surface area contributed by atoms with Gasteiger partial charge >= 0.3 is 0 Å². The molecule has 0 aliphatic carbocycles. The molecule has 0 bridgehead atoms.